The lowest BCUT2D eigenvalue weighted by Gasteiger charge is -2.02. The van der Waals surface area contributed by atoms with Crippen molar-refractivity contribution in [1.29, 1.82) is 0 Å². The highest BCUT2D eigenvalue weighted by Crippen LogP contribution is 2.17. The molecule has 3 aromatic rings. The van der Waals surface area contributed by atoms with Crippen molar-refractivity contribution in [3.05, 3.63) is 70.3 Å². The van der Waals surface area contributed by atoms with Crippen LogP contribution in [0.25, 0.3) is 10.9 Å². The predicted molar refractivity (Wildman–Crippen MR) is 86.6 cm³/mol. The molecule has 3 heteroatoms. The second-order valence-electron chi connectivity index (χ2n) is 5.02. The minimum atomic E-state index is 1.04. The van der Waals surface area contributed by atoms with Gasteiger partial charge in [-0.1, -0.05) is 46.3 Å². The van der Waals surface area contributed by atoms with Gasteiger partial charge in [0.15, 0.2) is 0 Å². The number of nitrogens with two attached hydrogens (primary N) is 1. The number of para-hydroxylation sites is 1. The quantitative estimate of drug-likeness (QED) is 0.674. The highest BCUT2D eigenvalue weighted by atomic mass is 79.9. The van der Waals surface area contributed by atoms with E-state index in [2.05, 4.69) is 81.0 Å². The normalized spacial score (nSPS) is 11.1. The number of aromatic amines is 1. The number of quaternary nitrogens is 1. The lowest BCUT2D eigenvalue weighted by molar-refractivity contribution is -0.670. The van der Waals surface area contributed by atoms with E-state index >= 15 is 0 Å². The Morgan fingerprint density at radius 1 is 1.00 bits per heavy atom. The molecule has 0 spiro atoms. The number of fused-ring (bicyclic) bond motifs is 1. The fourth-order valence-electron chi connectivity index (χ4n) is 2.49. The number of rotatable bonds is 5. The average Bonchev–Trinajstić information content (AvgIpc) is 2.89. The number of nitrogens with one attached hydrogen (secondary N) is 1. The molecule has 0 unspecified atom stereocenters. The molecule has 0 fully saturated rings. The van der Waals surface area contributed by atoms with Crippen molar-refractivity contribution in [3.8, 4) is 0 Å². The molecule has 1 heterocycles. The second-order valence-corrected chi connectivity index (χ2v) is 5.93. The standard InChI is InChI=1S/C17H17BrN2/c18-15-7-5-13(6-8-15)11-19-10-9-14-12-20-17-4-2-1-3-16(14)17/h1-8,12,19-20H,9-11H2/p+1. The van der Waals surface area contributed by atoms with Gasteiger partial charge in [-0.25, -0.2) is 0 Å². The Morgan fingerprint density at radius 3 is 2.65 bits per heavy atom. The third-order valence-electron chi connectivity index (χ3n) is 3.59. The van der Waals surface area contributed by atoms with Crippen molar-refractivity contribution in [2.45, 2.75) is 13.0 Å². The van der Waals surface area contributed by atoms with E-state index in [-0.39, 0.29) is 0 Å². The molecule has 0 saturated heterocycles. The summed E-state index contributed by atoms with van der Waals surface area (Å²) >= 11 is 3.46. The number of H-pyrrole nitrogens is 1. The fourth-order valence-corrected chi connectivity index (χ4v) is 2.75. The molecule has 3 rings (SSSR count). The zero-order valence-corrected chi connectivity index (χ0v) is 12.9. The number of halogens is 1. The molecule has 1 aromatic heterocycles. The largest absolute Gasteiger partial charge is 0.361 e. The number of hydrogen-bond donors (Lipinski definition) is 2. The summed E-state index contributed by atoms with van der Waals surface area (Å²) in [4.78, 5) is 3.33. The van der Waals surface area contributed by atoms with Crippen LogP contribution in [0.1, 0.15) is 11.1 Å². The Balaban J connectivity index is 1.54. The first-order valence-electron chi connectivity index (χ1n) is 6.94. The summed E-state index contributed by atoms with van der Waals surface area (Å²) < 4.78 is 1.14. The minimum Gasteiger partial charge on any atom is -0.361 e. The maximum atomic E-state index is 3.46. The summed E-state index contributed by atoms with van der Waals surface area (Å²) in [5.74, 6) is 0. The van der Waals surface area contributed by atoms with E-state index in [1.165, 1.54) is 22.0 Å². The molecule has 102 valence electrons. The Kier molecular flexibility index (Phi) is 4.19. The van der Waals surface area contributed by atoms with Crippen molar-refractivity contribution in [3.63, 3.8) is 0 Å². The average molecular weight is 330 g/mol. The molecule has 0 atom stereocenters. The number of benzene rings is 2. The first-order valence-corrected chi connectivity index (χ1v) is 7.73. The molecule has 2 nitrogen and oxygen atoms in total. The van der Waals surface area contributed by atoms with E-state index in [9.17, 15) is 0 Å². The second kappa shape index (κ2) is 6.25. The van der Waals surface area contributed by atoms with Gasteiger partial charge in [-0.3, -0.25) is 0 Å². The number of hydrogen-bond acceptors (Lipinski definition) is 0. The molecule has 2 aromatic carbocycles. The molecule has 0 radical (unpaired) electrons. The molecule has 0 saturated carbocycles. The van der Waals surface area contributed by atoms with Gasteiger partial charge in [0.25, 0.3) is 0 Å². The highest BCUT2D eigenvalue weighted by molar-refractivity contribution is 9.10. The Labute approximate surface area is 127 Å². The summed E-state index contributed by atoms with van der Waals surface area (Å²) in [6, 6.07) is 17.0. The monoisotopic (exact) mass is 329 g/mol. The smallest absolute Gasteiger partial charge is 0.101 e. The summed E-state index contributed by atoms with van der Waals surface area (Å²) in [5.41, 5.74) is 4.01. The van der Waals surface area contributed by atoms with E-state index in [1.807, 2.05) is 0 Å². The van der Waals surface area contributed by atoms with Crippen LogP contribution in [0, 0.1) is 0 Å². The van der Waals surface area contributed by atoms with Crippen LogP contribution < -0.4 is 5.32 Å². The third-order valence-corrected chi connectivity index (χ3v) is 4.11. The van der Waals surface area contributed by atoms with E-state index in [4.69, 9.17) is 0 Å². The van der Waals surface area contributed by atoms with Crippen molar-refractivity contribution >= 4 is 26.8 Å². The molecular formula is C17H18BrN2+. The molecular weight excluding hydrogens is 312 g/mol. The third kappa shape index (κ3) is 3.11. The van der Waals surface area contributed by atoms with Gasteiger partial charge in [0.05, 0.1) is 6.54 Å². The van der Waals surface area contributed by atoms with E-state index in [0.29, 0.717) is 0 Å². The van der Waals surface area contributed by atoms with Crippen LogP contribution >= 0.6 is 15.9 Å². The van der Waals surface area contributed by atoms with Gasteiger partial charge >= 0.3 is 0 Å². The van der Waals surface area contributed by atoms with E-state index < -0.39 is 0 Å². The molecule has 0 amide bonds. The topological polar surface area (TPSA) is 32.4 Å². The summed E-state index contributed by atoms with van der Waals surface area (Å²) in [6.45, 7) is 2.15. The van der Waals surface area contributed by atoms with Gasteiger partial charge in [-0.05, 0) is 23.8 Å². The van der Waals surface area contributed by atoms with Gasteiger partial charge in [0.1, 0.15) is 6.54 Å². The zero-order chi connectivity index (χ0) is 13.8. The van der Waals surface area contributed by atoms with E-state index in [0.717, 1.165) is 24.0 Å². The molecule has 3 N–H and O–H groups in total. The Bertz CT molecular complexity index is 686. The first kappa shape index (κ1) is 13.4. The Morgan fingerprint density at radius 2 is 1.80 bits per heavy atom. The van der Waals surface area contributed by atoms with Gasteiger partial charge < -0.3 is 10.3 Å². The molecule has 20 heavy (non-hydrogen) atoms. The minimum absolute atomic E-state index is 1.04. The molecule has 0 aliphatic heterocycles. The van der Waals surface area contributed by atoms with Gasteiger partial charge in [0.2, 0.25) is 0 Å². The van der Waals surface area contributed by atoms with Crippen molar-refractivity contribution in [1.82, 2.24) is 4.98 Å². The number of aromatic nitrogens is 1. The van der Waals surface area contributed by atoms with Crippen molar-refractivity contribution in [2.75, 3.05) is 6.54 Å². The van der Waals surface area contributed by atoms with Crippen LogP contribution in [0.2, 0.25) is 0 Å². The van der Waals surface area contributed by atoms with Crippen LogP contribution in [0.3, 0.4) is 0 Å². The van der Waals surface area contributed by atoms with Crippen LogP contribution in [0.4, 0.5) is 0 Å². The van der Waals surface area contributed by atoms with Crippen molar-refractivity contribution in [2.24, 2.45) is 0 Å². The fraction of sp³-hybridized carbons (Fsp3) is 0.176. The summed E-state index contributed by atoms with van der Waals surface area (Å²) in [5, 5.41) is 3.72. The van der Waals surface area contributed by atoms with Crippen molar-refractivity contribution < 1.29 is 5.32 Å². The SMILES string of the molecule is Brc1ccc(C[NH2+]CCc2c[nH]c3ccccc23)cc1. The van der Waals surface area contributed by atoms with Crippen LogP contribution in [-0.2, 0) is 13.0 Å². The molecule has 0 bridgehead atoms. The van der Waals surface area contributed by atoms with Gasteiger partial charge in [-0.2, -0.15) is 0 Å². The van der Waals surface area contributed by atoms with Crippen LogP contribution in [-0.4, -0.2) is 11.5 Å². The predicted octanol–water partition coefficient (Wildman–Crippen LogP) is 3.24. The Hall–Kier alpha value is -1.58. The summed E-state index contributed by atoms with van der Waals surface area (Å²) in [6.07, 6.45) is 3.23. The van der Waals surface area contributed by atoms with E-state index in [1.54, 1.807) is 0 Å². The maximum Gasteiger partial charge on any atom is 0.101 e. The lowest BCUT2D eigenvalue weighted by atomic mass is 10.1. The molecule has 0 aliphatic carbocycles. The first-order chi connectivity index (χ1) is 9.83. The van der Waals surface area contributed by atoms with Crippen LogP contribution in [0.5, 0.6) is 0 Å². The van der Waals surface area contributed by atoms with Crippen LogP contribution in [0.15, 0.2) is 59.2 Å². The van der Waals surface area contributed by atoms with Gasteiger partial charge in [-0.15, -0.1) is 0 Å². The van der Waals surface area contributed by atoms with Gasteiger partial charge in [0, 0.05) is 33.6 Å². The maximum absolute atomic E-state index is 3.46. The summed E-state index contributed by atoms with van der Waals surface area (Å²) in [7, 11) is 0. The zero-order valence-electron chi connectivity index (χ0n) is 11.3. The lowest BCUT2D eigenvalue weighted by Crippen LogP contribution is -2.83. The highest BCUT2D eigenvalue weighted by Gasteiger charge is 2.03. The molecule has 0 aliphatic rings.